The first-order valence-corrected chi connectivity index (χ1v) is 5.31. The van der Waals surface area contributed by atoms with Gasteiger partial charge in [-0.1, -0.05) is 6.92 Å². The Hall–Kier alpha value is -1.63. The first-order chi connectivity index (χ1) is 7.70. The van der Waals surface area contributed by atoms with Gasteiger partial charge in [0, 0.05) is 6.42 Å². The number of hydrogen-bond donors (Lipinski definition) is 4. The van der Waals surface area contributed by atoms with E-state index in [9.17, 15) is 14.4 Å². The van der Waals surface area contributed by atoms with Gasteiger partial charge >= 0.3 is 5.97 Å². The van der Waals surface area contributed by atoms with E-state index in [1.54, 1.807) is 6.92 Å². The van der Waals surface area contributed by atoms with E-state index in [1.807, 2.05) is 0 Å². The Balaban J connectivity index is 4.50. The van der Waals surface area contributed by atoms with Crippen molar-refractivity contribution in [2.24, 2.45) is 11.5 Å². The van der Waals surface area contributed by atoms with Crippen molar-refractivity contribution in [2.45, 2.75) is 44.7 Å². The number of primary amides is 1. The van der Waals surface area contributed by atoms with Gasteiger partial charge in [-0.15, -0.1) is 0 Å². The fourth-order valence-electron chi connectivity index (χ4n) is 1.03. The third-order valence-corrected chi connectivity index (χ3v) is 2.54. The highest BCUT2D eigenvalue weighted by atomic mass is 16.4. The lowest BCUT2D eigenvalue weighted by Gasteiger charge is -2.24. The summed E-state index contributed by atoms with van der Waals surface area (Å²) in [6, 6.07) is -1.15. The molecule has 0 aliphatic heterocycles. The number of carbonyl (C=O) groups is 3. The van der Waals surface area contributed by atoms with E-state index < -0.39 is 29.4 Å². The van der Waals surface area contributed by atoms with Crippen molar-refractivity contribution in [3.63, 3.8) is 0 Å². The Morgan fingerprint density at radius 3 is 2.29 bits per heavy atom. The summed E-state index contributed by atoms with van der Waals surface area (Å²) in [6.07, 6.45) is 0.224. The van der Waals surface area contributed by atoms with Gasteiger partial charge in [-0.3, -0.25) is 9.59 Å². The molecule has 0 aliphatic rings. The average molecular weight is 245 g/mol. The van der Waals surface area contributed by atoms with E-state index in [-0.39, 0.29) is 12.8 Å². The summed E-state index contributed by atoms with van der Waals surface area (Å²) in [6.45, 7) is 3.23. The van der Waals surface area contributed by atoms with E-state index >= 15 is 0 Å². The second-order valence-electron chi connectivity index (χ2n) is 4.14. The summed E-state index contributed by atoms with van der Waals surface area (Å²) >= 11 is 0. The monoisotopic (exact) mass is 245 g/mol. The van der Waals surface area contributed by atoms with Crippen LogP contribution in [0.2, 0.25) is 0 Å². The molecular formula is C10H19N3O4. The summed E-state index contributed by atoms with van der Waals surface area (Å²) in [5, 5.41) is 11.2. The average Bonchev–Trinajstić information content (AvgIpc) is 2.22. The van der Waals surface area contributed by atoms with Crippen molar-refractivity contribution in [3.8, 4) is 0 Å². The largest absolute Gasteiger partial charge is 0.480 e. The van der Waals surface area contributed by atoms with Crippen LogP contribution in [0.1, 0.15) is 33.1 Å². The first kappa shape index (κ1) is 15.4. The molecule has 2 unspecified atom stereocenters. The van der Waals surface area contributed by atoms with Gasteiger partial charge in [0.25, 0.3) is 0 Å². The lowest BCUT2D eigenvalue weighted by atomic mass is 9.98. The van der Waals surface area contributed by atoms with Crippen LogP contribution in [-0.4, -0.2) is 34.5 Å². The number of carbonyl (C=O) groups excluding carboxylic acids is 2. The molecule has 7 heteroatoms. The quantitative estimate of drug-likeness (QED) is 0.453. The molecule has 7 nitrogen and oxygen atoms in total. The number of carboxylic acid groups (broad SMARTS) is 1. The molecule has 0 radical (unpaired) electrons. The fraction of sp³-hybridized carbons (Fsp3) is 0.700. The number of aliphatic carboxylic acids is 1. The van der Waals surface area contributed by atoms with Crippen molar-refractivity contribution in [1.29, 1.82) is 0 Å². The second-order valence-corrected chi connectivity index (χ2v) is 4.14. The minimum absolute atomic E-state index is 0.0454. The molecule has 0 spiro atoms. The number of rotatable bonds is 7. The van der Waals surface area contributed by atoms with Gasteiger partial charge in [-0.05, 0) is 19.8 Å². The van der Waals surface area contributed by atoms with E-state index in [2.05, 4.69) is 5.32 Å². The minimum Gasteiger partial charge on any atom is -0.480 e. The molecule has 0 heterocycles. The third kappa shape index (κ3) is 5.30. The Labute approximate surface area is 99.5 Å². The highest BCUT2D eigenvalue weighted by Gasteiger charge is 2.30. The molecule has 0 rings (SSSR count). The number of nitrogens with one attached hydrogen (secondary N) is 1. The van der Waals surface area contributed by atoms with Gasteiger partial charge in [0.1, 0.15) is 6.04 Å². The summed E-state index contributed by atoms with van der Waals surface area (Å²) < 4.78 is 0. The van der Waals surface area contributed by atoms with Crippen LogP contribution in [-0.2, 0) is 14.4 Å². The summed E-state index contributed by atoms with van der Waals surface area (Å²) in [5.41, 5.74) is 9.46. The topological polar surface area (TPSA) is 136 Å². The van der Waals surface area contributed by atoms with Crippen LogP contribution in [0.4, 0.5) is 0 Å². The predicted molar refractivity (Wildman–Crippen MR) is 60.9 cm³/mol. The standard InChI is InChI=1S/C10H19N3O4/c1-3-10(2,12)9(17)13-6(8(15)16)4-5-7(11)14/h6H,3-5,12H2,1-2H3,(H2,11,14)(H,13,17)(H,15,16). The highest BCUT2D eigenvalue weighted by molar-refractivity contribution is 5.89. The number of carboxylic acids is 1. The van der Waals surface area contributed by atoms with Crippen LogP contribution in [0.25, 0.3) is 0 Å². The molecule has 2 amide bonds. The zero-order chi connectivity index (χ0) is 13.6. The maximum Gasteiger partial charge on any atom is 0.326 e. The second kappa shape index (κ2) is 6.19. The molecule has 0 aromatic rings. The summed E-state index contributed by atoms with van der Waals surface area (Å²) in [4.78, 5) is 33.1. The number of nitrogens with two attached hydrogens (primary N) is 2. The van der Waals surface area contributed by atoms with Crippen molar-refractivity contribution < 1.29 is 19.5 Å². The van der Waals surface area contributed by atoms with Crippen molar-refractivity contribution in [3.05, 3.63) is 0 Å². The zero-order valence-corrected chi connectivity index (χ0v) is 10.0. The van der Waals surface area contributed by atoms with Crippen LogP contribution >= 0.6 is 0 Å². The van der Waals surface area contributed by atoms with E-state index in [0.717, 1.165) is 0 Å². The zero-order valence-electron chi connectivity index (χ0n) is 10.0. The Morgan fingerprint density at radius 1 is 1.41 bits per heavy atom. The molecule has 6 N–H and O–H groups in total. The van der Waals surface area contributed by atoms with Crippen LogP contribution in [0, 0.1) is 0 Å². The number of amides is 2. The highest BCUT2D eigenvalue weighted by Crippen LogP contribution is 2.06. The molecule has 0 saturated heterocycles. The third-order valence-electron chi connectivity index (χ3n) is 2.54. The number of hydrogen-bond acceptors (Lipinski definition) is 4. The van der Waals surface area contributed by atoms with Crippen molar-refractivity contribution in [1.82, 2.24) is 5.32 Å². The van der Waals surface area contributed by atoms with Crippen LogP contribution in [0.5, 0.6) is 0 Å². The molecule has 2 atom stereocenters. The molecule has 17 heavy (non-hydrogen) atoms. The van der Waals surface area contributed by atoms with Gasteiger partial charge in [0.05, 0.1) is 5.54 Å². The Morgan fingerprint density at radius 2 is 1.94 bits per heavy atom. The summed E-state index contributed by atoms with van der Waals surface area (Å²) in [5.74, 6) is -2.39. The smallest absolute Gasteiger partial charge is 0.326 e. The SMILES string of the molecule is CCC(C)(N)C(=O)NC(CCC(N)=O)C(=O)O. The lowest BCUT2D eigenvalue weighted by Crippen LogP contribution is -2.55. The molecule has 0 aliphatic carbocycles. The molecule has 0 bridgehead atoms. The first-order valence-electron chi connectivity index (χ1n) is 5.31. The van der Waals surface area contributed by atoms with E-state index in [1.165, 1.54) is 6.92 Å². The maximum absolute atomic E-state index is 11.6. The van der Waals surface area contributed by atoms with Gasteiger partial charge in [0.2, 0.25) is 11.8 Å². The maximum atomic E-state index is 11.6. The molecular weight excluding hydrogens is 226 g/mol. The van der Waals surface area contributed by atoms with Crippen molar-refractivity contribution in [2.75, 3.05) is 0 Å². The normalized spacial score (nSPS) is 15.7. The molecule has 0 saturated carbocycles. The van der Waals surface area contributed by atoms with E-state index in [4.69, 9.17) is 16.6 Å². The van der Waals surface area contributed by atoms with Gasteiger partial charge in [0.15, 0.2) is 0 Å². The van der Waals surface area contributed by atoms with Crippen LogP contribution in [0.3, 0.4) is 0 Å². The van der Waals surface area contributed by atoms with E-state index in [0.29, 0.717) is 6.42 Å². The Bertz CT molecular complexity index is 315. The molecule has 0 fully saturated rings. The lowest BCUT2D eigenvalue weighted by molar-refractivity contribution is -0.143. The molecule has 98 valence electrons. The van der Waals surface area contributed by atoms with Gasteiger partial charge in [-0.25, -0.2) is 4.79 Å². The summed E-state index contributed by atoms with van der Waals surface area (Å²) in [7, 11) is 0. The van der Waals surface area contributed by atoms with Gasteiger partial charge in [-0.2, -0.15) is 0 Å². The van der Waals surface area contributed by atoms with Crippen LogP contribution < -0.4 is 16.8 Å². The van der Waals surface area contributed by atoms with Crippen molar-refractivity contribution >= 4 is 17.8 Å². The fourth-order valence-corrected chi connectivity index (χ4v) is 1.03. The molecule has 0 aromatic heterocycles. The minimum atomic E-state index is -1.22. The molecule has 0 aromatic carbocycles. The Kier molecular flexibility index (Phi) is 5.60. The van der Waals surface area contributed by atoms with Gasteiger partial charge < -0.3 is 21.9 Å². The predicted octanol–water partition coefficient (Wildman–Crippen LogP) is -1.05. The van der Waals surface area contributed by atoms with Crippen LogP contribution in [0.15, 0.2) is 0 Å².